The Labute approximate surface area is 197 Å². The molecule has 1 atom stereocenters. The number of benzene rings is 3. The zero-order chi connectivity index (χ0) is 24.1. The van der Waals surface area contributed by atoms with Crippen LogP contribution in [-0.2, 0) is 11.2 Å². The molecule has 4 rings (SSSR count). The maximum atomic E-state index is 13.2. The van der Waals surface area contributed by atoms with E-state index in [1.807, 2.05) is 6.07 Å². The predicted molar refractivity (Wildman–Crippen MR) is 130 cm³/mol. The van der Waals surface area contributed by atoms with Gasteiger partial charge in [-0.15, -0.1) is 5.10 Å². The topological polar surface area (TPSA) is 131 Å². The summed E-state index contributed by atoms with van der Waals surface area (Å²) in [6, 6.07) is 21.1. The van der Waals surface area contributed by atoms with Crippen LogP contribution >= 0.6 is 11.8 Å². The highest BCUT2D eigenvalue weighted by Crippen LogP contribution is 2.34. The lowest BCUT2D eigenvalue weighted by Gasteiger charge is -2.15. The minimum absolute atomic E-state index is 0.0281. The van der Waals surface area contributed by atoms with Crippen LogP contribution in [0.15, 0.2) is 89.1 Å². The molecule has 1 saturated heterocycles. The van der Waals surface area contributed by atoms with Crippen molar-refractivity contribution in [3.8, 4) is 0 Å². The first-order valence-electron chi connectivity index (χ1n) is 10.1. The van der Waals surface area contributed by atoms with Crippen molar-refractivity contribution < 1.29 is 14.6 Å². The Bertz CT molecular complexity index is 1290. The number of amides is 1. The average Bonchev–Trinajstić information content (AvgIpc) is 3.14. The van der Waals surface area contributed by atoms with Crippen LogP contribution < -0.4 is 4.90 Å². The Hall–Kier alpha value is -4.38. The van der Waals surface area contributed by atoms with Gasteiger partial charge in [-0.25, -0.2) is 0 Å². The molecule has 10 nitrogen and oxygen atoms in total. The first-order valence-corrected chi connectivity index (χ1v) is 10.9. The number of anilines is 1. The van der Waals surface area contributed by atoms with Crippen molar-refractivity contribution in [2.45, 2.75) is 11.7 Å². The molecule has 34 heavy (non-hydrogen) atoms. The van der Waals surface area contributed by atoms with Crippen molar-refractivity contribution in [3.63, 3.8) is 0 Å². The highest BCUT2D eigenvalue weighted by atomic mass is 32.2. The van der Waals surface area contributed by atoms with E-state index in [-0.39, 0.29) is 17.3 Å². The maximum absolute atomic E-state index is 13.2. The van der Waals surface area contributed by atoms with Crippen molar-refractivity contribution in [1.82, 2.24) is 0 Å². The van der Waals surface area contributed by atoms with E-state index >= 15 is 0 Å². The molecule has 0 aromatic heterocycles. The number of carbonyl (C=O) groups excluding carboxylic acids is 1. The normalized spacial score (nSPS) is 16.9. The van der Waals surface area contributed by atoms with Gasteiger partial charge in [0.25, 0.3) is 11.4 Å². The third kappa shape index (κ3) is 5.15. The fraction of sp³-hybridized carbons (Fsp3) is 0.0870. The summed E-state index contributed by atoms with van der Waals surface area (Å²) in [5.41, 5.74) is 1.85. The number of nitro benzene ring substituents is 2. The van der Waals surface area contributed by atoms with Crippen LogP contribution in [0.4, 0.5) is 17.1 Å². The lowest BCUT2D eigenvalue weighted by molar-refractivity contribution is -0.385. The molecule has 0 bridgehead atoms. The van der Waals surface area contributed by atoms with E-state index in [1.54, 1.807) is 48.5 Å². The summed E-state index contributed by atoms with van der Waals surface area (Å²) in [4.78, 5) is 35.6. The maximum Gasteiger partial charge on any atom is 0.269 e. The van der Waals surface area contributed by atoms with Gasteiger partial charge in [0.15, 0.2) is 5.17 Å². The van der Waals surface area contributed by atoms with Gasteiger partial charge in [0, 0.05) is 24.3 Å². The van der Waals surface area contributed by atoms with Gasteiger partial charge in [0.2, 0.25) is 5.91 Å². The summed E-state index contributed by atoms with van der Waals surface area (Å²) in [5, 5.41) is 30.0. The van der Waals surface area contributed by atoms with Crippen LogP contribution in [0.1, 0.15) is 11.1 Å². The second kappa shape index (κ2) is 10.0. The third-order valence-electron chi connectivity index (χ3n) is 4.95. The number of nitro groups is 2. The van der Waals surface area contributed by atoms with Gasteiger partial charge in [0.1, 0.15) is 0 Å². The van der Waals surface area contributed by atoms with Gasteiger partial charge in [-0.2, -0.15) is 5.10 Å². The Morgan fingerprint density at radius 1 is 0.912 bits per heavy atom. The van der Waals surface area contributed by atoms with Crippen LogP contribution in [0.25, 0.3) is 0 Å². The molecule has 3 aromatic rings. The smallest absolute Gasteiger partial charge is 0.269 e. The number of amidine groups is 1. The zero-order valence-corrected chi connectivity index (χ0v) is 18.4. The highest BCUT2D eigenvalue weighted by Gasteiger charge is 2.39. The van der Waals surface area contributed by atoms with Gasteiger partial charge >= 0.3 is 0 Å². The standard InChI is InChI=1S/C23H17N5O5S/c29-22-21(14-17-5-4-8-20(13-17)28(32)33)34-23(26(22)18-6-2-1-3-7-18)25-24-15-16-9-11-19(12-10-16)27(30)31/h1-13,15,21H,14H2/b24-15+,25-23+. The Morgan fingerprint density at radius 3 is 2.29 bits per heavy atom. The van der Waals surface area contributed by atoms with Crippen LogP contribution in [0.5, 0.6) is 0 Å². The molecule has 1 aliphatic rings. The fourth-order valence-electron chi connectivity index (χ4n) is 3.32. The largest absolute Gasteiger partial charge is 0.273 e. The van der Waals surface area contributed by atoms with Gasteiger partial charge in [-0.3, -0.25) is 29.9 Å². The summed E-state index contributed by atoms with van der Waals surface area (Å²) in [6.07, 6.45) is 1.73. The third-order valence-corrected chi connectivity index (χ3v) is 6.07. The van der Waals surface area contributed by atoms with Crippen molar-refractivity contribution in [2.75, 3.05) is 4.90 Å². The van der Waals surface area contributed by atoms with E-state index in [1.165, 1.54) is 47.1 Å². The molecular weight excluding hydrogens is 458 g/mol. The van der Waals surface area contributed by atoms with Gasteiger partial charge in [-0.1, -0.05) is 42.1 Å². The second-order valence-corrected chi connectivity index (χ2v) is 8.39. The Kier molecular flexibility index (Phi) is 6.74. The minimum Gasteiger partial charge on any atom is -0.273 e. The summed E-state index contributed by atoms with van der Waals surface area (Å²) in [5.74, 6) is -0.202. The van der Waals surface area contributed by atoms with Crippen molar-refractivity contribution in [1.29, 1.82) is 0 Å². The fourth-order valence-corrected chi connectivity index (χ4v) is 4.45. The van der Waals surface area contributed by atoms with Gasteiger partial charge in [0.05, 0.1) is 27.0 Å². The summed E-state index contributed by atoms with van der Waals surface area (Å²) < 4.78 is 0. The van der Waals surface area contributed by atoms with Crippen LogP contribution in [0.2, 0.25) is 0 Å². The molecule has 170 valence electrons. The molecule has 1 aliphatic heterocycles. The second-order valence-electron chi connectivity index (χ2n) is 7.22. The minimum atomic E-state index is -0.532. The molecule has 1 heterocycles. The van der Waals surface area contributed by atoms with E-state index in [2.05, 4.69) is 10.2 Å². The molecule has 1 unspecified atom stereocenters. The molecule has 1 amide bonds. The Balaban J connectivity index is 1.59. The highest BCUT2D eigenvalue weighted by molar-refractivity contribution is 8.16. The van der Waals surface area contributed by atoms with Crippen LogP contribution in [0, 0.1) is 20.2 Å². The number of thioether (sulfide) groups is 1. The van der Waals surface area contributed by atoms with Gasteiger partial charge < -0.3 is 0 Å². The summed E-state index contributed by atoms with van der Waals surface area (Å²) in [6.45, 7) is 0. The molecule has 0 N–H and O–H groups in total. The number of nitrogens with zero attached hydrogens (tertiary/aromatic N) is 5. The van der Waals surface area contributed by atoms with Crippen molar-refractivity contribution in [3.05, 3.63) is 110 Å². The molecule has 0 aliphatic carbocycles. The SMILES string of the molecule is O=C1C(Cc2cccc([N+](=O)[O-])c2)S/C(=N/N=C/c2ccc([N+](=O)[O-])cc2)N1c1ccccc1. The van der Waals surface area contributed by atoms with Crippen molar-refractivity contribution in [2.24, 2.45) is 10.2 Å². The van der Waals surface area contributed by atoms with E-state index in [0.29, 0.717) is 28.4 Å². The number of rotatable bonds is 7. The molecule has 11 heteroatoms. The molecule has 0 saturated carbocycles. The predicted octanol–water partition coefficient (Wildman–Crippen LogP) is 4.58. The molecule has 0 spiro atoms. The molecule has 0 radical (unpaired) electrons. The summed E-state index contributed by atoms with van der Waals surface area (Å²) in [7, 11) is 0. The van der Waals surface area contributed by atoms with E-state index < -0.39 is 15.1 Å². The van der Waals surface area contributed by atoms with Gasteiger partial charge in [-0.05, 0) is 41.8 Å². The monoisotopic (exact) mass is 475 g/mol. The van der Waals surface area contributed by atoms with Crippen LogP contribution in [0.3, 0.4) is 0 Å². The molecule has 1 fully saturated rings. The lowest BCUT2D eigenvalue weighted by atomic mass is 10.1. The zero-order valence-electron chi connectivity index (χ0n) is 17.6. The first kappa shape index (κ1) is 22.8. The quantitative estimate of drug-likeness (QED) is 0.279. The first-order chi connectivity index (χ1) is 16.4. The lowest BCUT2D eigenvalue weighted by Crippen LogP contribution is -2.32. The summed E-state index contributed by atoms with van der Waals surface area (Å²) >= 11 is 1.23. The average molecular weight is 475 g/mol. The van der Waals surface area contributed by atoms with E-state index in [4.69, 9.17) is 0 Å². The number of hydrogen-bond donors (Lipinski definition) is 0. The van der Waals surface area contributed by atoms with Crippen LogP contribution in [-0.4, -0.2) is 32.4 Å². The number of non-ortho nitro benzene ring substituents is 2. The molecule has 3 aromatic carbocycles. The number of hydrogen-bond acceptors (Lipinski definition) is 8. The number of carbonyl (C=O) groups is 1. The van der Waals surface area contributed by atoms with Crippen molar-refractivity contribution >= 4 is 46.1 Å². The molecular formula is C23H17N5O5S. The number of para-hydroxylation sites is 1. The Morgan fingerprint density at radius 2 is 1.62 bits per heavy atom. The van der Waals surface area contributed by atoms with E-state index in [9.17, 15) is 25.0 Å². The van der Waals surface area contributed by atoms with E-state index in [0.717, 1.165) is 0 Å².